The van der Waals surface area contributed by atoms with Crippen molar-refractivity contribution in [2.75, 3.05) is 30.8 Å². The molecule has 1 fully saturated rings. The van der Waals surface area contributed by atoms with E-state index in [2.05, 4.69) is 21.0 Å². The molecular weight excluding hydrogens is 292 g/mol. The van der Waals surface area contributed by atoms with Crippen molar-refractivity contribution in [1.82, 2.24) is 5.32 Å². The zero-order valence-electron chi connectivity index (χ0n) is 11.7. The number of halogens is 1. The highest BCUT2D eigenvalue weighted by molar-refractivity contribution is 6.35. The lowest BCUT2D eigenvalue weighted by molar-refractivity contribution is 0.164. The molecule has 0 bridgehead atoms. The number of nitrogens with zero attached hydrogens (tertiary/aromatic N) is 2. The number of carbonyl (C=O) groups excluding carboxylic acids is 1. The Hall–Kier alpha value is -2.13. The average molecular weight is 309 g/mol. The summed E-state index contributed by atoms with van der Waals surface area (Å²) in [6.45, 7) is 1.45. The number of anilines is 2. The van der Waals surface area contributed by atoms with Crippen LogP contribution in [-0.4, -0.2) is 32.3 Å². The van der Waals surface area contributed by atoms with Crippen molar-refractivity contribution < 1.29 is 9.53 Å². The number of hydrogen-bond acceptors (Lipinski definition) is 5. The zero-order chi connectivity index (χ0) is 15.4. The lowest BCUT2D eigenvalue weighted by atomic mass is 10.0. The number of rotatable bonds is 2. The summed E-state index contributed by atoms with van der Waals surface area (Å²) in [5, 5.41) is 12.3. The number of hydrogen-bond donors (Lipinski definition) is 2. The molecule has 0 aliphatic carbocycles. The largest absolute Gasteiger partial charge is 0.453 e. The van der Waals surface area contributed by atoms with Gasteiger partial charge in [0.1, 0.15) is 0 Å². The van der Waals surface area contributed by atoms with Crippen LogP contribution in [0.1, 0.15) is 18.4 Å². The normalized spacial score (nSPS) is 15.4. The third-order valence-electron chi connectivity index (χ3n) is 3.55. The molecule has 7 heteroatoms. The van der Waals surface area contributed by atoms with Crippen LogP contribution in [0.15, 0.2) is 12.1 Å². The quantitative estimate of drug-likeness (QED) is 0.817. The molecule has 1 aliphatic rings. The molecular formula is C14H17ClN4O2. The zero-order valence-corrected chi connectivity index (χ0v) is 12.5. The minimum absolute atomic E-state index is 0.0870. The Morgan fingerprint density at radius 3 is 2.76 bits per heavy atom. The molecule has 1 saturated heterocycles. The topological polar surface area (TPSA) is 91.4 Å². The van der Waals surface area contributed by atoms with Gasteiger partial charge in [-0.2, -0.15) is 5.26 Å². The molecule has 6 nitrogen and oxygen atoms in total. The number of amides is 1. The van der Waals surface area contributed by atoms with E-state index in [-0.39, 0.29) is 6.04 Å². The van der Waals surface area contributed by atoms with Crippen LogP contribution in [0.3, 0.4) is 0 Å². The molecule has 0 spiro atoms. The molecule has 1 aromatic carbocycles. The minimum atomic E-state index is -0.415. The van der Waals surface area contributed by atoms with Gasteiger partial charge in [0.2, 0.25) is 0 Å². The van der Waals surface area contributed by atoms with E-state index in [0.717, 1.165) is 31.6 Å². The maximum absolute atomic E-state index is 11.2. The van der Waals surface area contributed by atoms with Crippen molar-refractivity contribution in [2.24, 2.45) is 0 Å². The summed E-state index contributed by atoms with van der Waals surface area (Å²) in [5.74, 6) is 0. The van der Waals surface area contributed by atoms with Crippen LogP contribution < -0.4 is 16.0 Å². The van der Waals surface area contributed by atoms with Crippen molar-refractivity contribution in [3.05, 3.63) is 22.7 Å². The molecule has 1 heterocycles. The molecule has 0 unspecified atom stereocenters. The Labute approximate surface area is 128 Å². The molecule has 21 heavy (non-hydrogen) atoms. The van der Waals surface area contributed by atoms with Crippen LogP contribution in [-0.2, 0) is 4.74 Å². The van der Waals surface area contributed by atoms with Gasteiger partial charge in [0.15, 0.2) is 0 Å². The maximum Gasteiger partial charge on any atom is 0.407 e. The number of nitrogen functional groups attached to an aromatic ring is 1. The molecule has 0 saturated carbocycles. The standard InChI is InChI=1S/C14H17ClN4O2/c1-21-14(20)18-10-2-4-19(5-3-10)12-7-9(8-16)6-11(17)13(12)15/h6-7,10H,2-5,17H2,1H3,(H,18,20). The van der Waals surface area contributed by atoms with Crippen molar-refractivity contribution in [3.63, 3.8) is 0 Å². The van der Waals surface area contributed by atoms with Gasteiger partial charge in [0.25, 0.3) is 0 Å². The number of piperidine rings is 1. The van der Waals surface area contributed by atoms with Crippen LogP contribution in [0.5, 0.6) is 0 Å². The van der Waals surface area contributed by atoms with E-state index in [1.807, 2.05) is 0 Å². The van der Waals surface area contributed by atoms with Gasteiger partial charge in [-0.3, -0.25) is 0 Å². The highest BCUT2D eigenvalue weighted by atomic mass is 35.5. The fraction of sp³-hybridized carbons (Fsp3) is 0.429. The summed E-state index contributed by atoms with van der Waals surface area (Å²) in [5.41, 5.74) is 7.49. The molecule has 1 aromatic rings. The van der Waals surface area contributed by atoms with E-state index < -0.39 is 6.09 Å². The van der Waals surface area contributed by atoms with Crippen LogP contribution in [0, 0.1) is 11.3 Å². The van der Waals surface area contributed by atoms with Crippen LogP contribution >= 0.6 is 11.6 Å². The molecule has 2 rings (SSSR count). The fourth-order valence-electron chi connectivity index (χ4n) is 2.42. The van der Waals surface area contributed by atoms with Gasteiger partial charge < -0.3 is 20.7 Å². The van der Waals surface area contributed by atoms with Crippen molar-refractivity contribution in [3.8, 4) is 6.07 Å². The van der Waals surface area contributed by atoms with E-state index in [9.17, 15) is 4.79 Å². The Balaban J connectivity index is 2.07. The second-order valence-electron chi connectivity index (χ2n) is 4.91. The van der Waals surface area contributed by atoms with Crippen molar-refractivity contribution >= 4 is 29.1 Å². The molecule has 0 aromatic heterocycles. The predicted octanol–water partition coefficient (Wildman–Crippen LogP) is 2.12. The summed E-state index contributed by atoms with van der Waals surface area (Å²) < 4.78 is 4.59. The smallest absolute Gasteiger partial charge is 0.407 e. The van der Waals surface area contributed by atoms with Crippen LogP contribution in [0.2, 0.25) is 5.02 Å². The summed E-state index contributed by atoms with van der Waals surface area (Å²) >= 11 is 6.23. The van der Waals surface area contributed by atoms with Gasteiger partial charge >= 0.3 is 6.09 Å². The van der Waals surface area contributed by atoms with Crippen LogP contribution in [0.4, 0.5) is 16.2 Å². The van der Waals surface area contributed by atoms with Gasteiger partial charge in [0, 0.05) is 19.1 Å². The fourth-order valence-corrected chi connectivity index (χ4v) is 2.64. The van der Waals surface area contributed by atoms with Crippen molar-refractivity contribution in [2.45, 2.75) is 18.9 Å². The number of alkyl carbamates (subject to hydrolysis) is 1. The van der Waals surface area contributed by atoms with E-state index in [0.29, 0.717) is 16.3 Å². The number of nitrogens with one attached hydrogen (secondary N) is 1. The molecule has 0 radical (unpaired) electrons. The molecule has 1 amide bonds. The Morgan fingerprint density at radius 2 is 2.19 bits per heavy atom. The molecule has 112 valence electrons. The van der Waals surface area contributed by atoms with Gasteiger partial charge in [-0.15, -0.1) is 0 Å². The number of ether oxygens (including phenoxy) is 1. The van der Waals surface area contributed by atoms with E-state index in [4.69, 9.17) is 22.6 Å². The lowest BCUT2D eigenvalue weighted by Crippen LogP contribution is -2.44. The van der Waals surface area contributed by atoms with E-state index in [1.165, 1.54) is 7.11 Å². The molecule has 3 N–H and O–H groups in total. The predicted molar refractivity (Wildman–Crippen MR) is 81.4 cm³/mol. The number of benzene rings is 1. The number of methoxy groups -OCH3 is 1. The maximum atomic E-state index is 11.2. The van der Waals surface area contributed by atoms with Gasteiger partial charge in [-0.25, -0.2) is 4.79 Å². The number of nitriles is 1. The highest BCUT2D eigenvalue weighted by Gasteiger charge is 2.23. The Morgan fingerprint density at radius 1 is 1.52 bits per heavy atom. The molecule has 0 atom stereocenters. The monoisotopic (exact) mass is 308 g/mol. The minimum Gasteiger partial charge on any atom is -0.453 e. The first-order valence-electron chi connectivity index (χ1n) is 6.63. The summed E-state index contributed by atoms with van der Waals surface area (Å²) in [7, 11) is 1.35. The summed E-state index contributed by atoms with van der Waals surface area (Å²) in [6, 6.07) is 5.47. The summed E-state index contributed by atoms with van der Waals surface area (Å²) in [4.78, 5) is 13.3. The Kier molecular flexibility index (Phi) is 4.76. The first-order chi connectivity index (χ1) is 10.0. The lowest BCUT2D eigenvalue weighted by Gasteiger charge is -2.34. The average Bonchev–Trinajstić information content (AvgIpc) is 2.50. The van der Waals surface area contributed by atoms with Crippen LogP contribution in [0.25, 0.3) is 0 Å². The third-order valence-corrected chi connectivity index (χ3v) is 3.97. The van der Waals surface area contributed by atoms with E-state index >= 15 is 0 Å². The molecule has 1 aliphatic heterocycles. The second-order valence-corrected chi connectivity index (χ2v) is 5.29. The van der Waals surface area contributed by atoms with Gasteiger partial charge in [0.05, 0.1) is 35.1 Å². The summed E-state index contributed by atoms with van der Waals surface area (Å²) in [6.07, 6.45) is 1.15. The Bertz CT molecular complexity index is 577. The number of carbonyl (C=O) groups is 1. The third kappa shape index (κ3) is 3.50. The SMILES string of the molecule is COC(=O)NC1CCN(c2cc(C#N)cc(N)c2Cl)CC1. The van der Waals surface area contributed by atoms with Gasteiger partial charge in [-0.05, 0) is 25.0 Å². The number of nitrogens with two attached hydrogens (primary N) is 1. The second kappa shape index (κ2) is 6.55. The van der Waals surface area contributed by atoms with E-state index in [1.54, 1.807) is 12.1 Å². The first kappa shape index (κ1) is 15.3. The van der Waals surface area contributed by atoms with Gasteiger partial charge in [-0.1, -0.05) is 11.6 Å². The highest BCUT2D eigenvalue weighted by Crippen LogP contribution is 2.34. The first-order valence-corrected chi connectivity index (χ1v) is 7.01. The van der Waals surface area contributed by atoms with Crippen molar-refractivity contribution in [1.29, 1.82) is 5.26 Å².